The van der Waals surface area contributed by atoms with Gasteiger partial charge < -0.3 is 4.42 Å². The van der Waals surface area contributed by atoms with Crippen LogP contribution in [0, 0.1) is 0 Å². The second kappa shape index (κ2) is 16.8. The maximum absolute atomic E-state index is 7.12. The van der Waals surface area contributed by atoms with Crippen LogP contribution in [-0.2, 0) is 0 Å². The average molecular weight is 802 g/mol. The van der Waals surface area contributed by atoms with Gasteiger partial charge in [0.1, 0.15) is 215 Å². The maximum Gasteiger partial charge on any atom is 0.128 e. The summed E-state index contributed by atoms with van der Waals surface area (Å²) in [5, 5.41) is 0.540. The summed E-state index contributed by atoms with van der Waals surface area (Å²) in [7, 11) is 175. The lowest BCUT2D eigenvalue weighted by Gasteiger charge is -2.33. The monoisotopic (exact) mass is 806 g/mol. The minimum atomic E-state index is -0.254. The summed E-state index contributed by atoms with van der Waals surface area (Å²) in [6.45, 7) is 0. The number of furan rings is 1. The van der Waals surface area contributed by atoms with Crippen LogP contribution in [0.2, 0.25) is 0 Å². The molecule has 8 aromatic carbocycles. The van der Waals surface area contributed by atoms with Gasteiger partial charge in [0, 0.05) is 10.8 Å². The van der Waals surface area contributed by atoms with Crippen molar-refractivity contribution in [1.82, 2.24) is 0 Å². The molecule has 252 valence electrons. The summed E-state index contributed by atoms with van der Waals surface area (Å²) in [6, 6.07) is 0. The van der Waals surface area contributed by atoms with Crippen molar-refractivity contribution in [2.24, 2.45) is 0 Å². The summed E-state index contributed by atoms with van der Waals surface area (Å²) in [6.07, 6.45) is 0. The second-order valence-corrected chi connectivity index (χ2v) is 16.8. The van der Waals surface area contributed by atoms with E-state index in [0.717, 1.165) is 0 Å². The molecule has 0 atom stereocenters. The van der Waals surface area contributed by atoms with Gasteiger partial charge in [0.05, 0.1) is 0 Å². The van der Waals surface area contributed by atoms with Crippen LogP contribution in [0.3, 0.4) is 0 Å². The van der Waals surface area contributed by atoms with Crippen molar-refractivity contribution in [3.8, 4) is 33.4 Å². The van der Waals surface area contributed by atoms with Crippen LogP contribution in [-0.4, -0.2) is 204 Å². The zero-order valence-electron chi connectivity index (χ0n) is 36.4. The summed E-state index contributed by atoms with van der Waals surface area (Å²) >= 11 is 0. The van der Waals surface area contributed by atoms with Gasteiger partial charge >= 0.3 is 0 Å². The van der Waals surface area contributed by atoms with Crippen LogP contribution in [0.1, 0.15) is 0 Å². The van der Waals surface area contributed by atoms with Crippen LogP contribution >= 0.6 is 0 Å². The second-order valence-electron chi connectivity index (χ2n) is 16.8. The molecule has 69 heavy (non-hydrogen) atoms. The van der Waals surface area contributed by atoms with Crippen LogP contribution in [0.25, 0.3) is 87.6 Å². The number of benzene rings is 8. The molecule has 0 aliphatic heterocycles. The van der Waals surface area contributed by atoms with Crippen LogP contribution in [0.15, 0.2) is 4.42 Å². The normalized spacial score (nSPS) is 11.8. The van der Waals surface area contributed by atoms with E-state index in [1.54, 1.807) is 0 Å². The van der Waals surface area contributed by atoms with Crippen molar-refractivity contribution >= 4 is 400 Å². The Morgan fingerprint density at radius 1 is 0.130 bits per heavy atom. The van der Waals surface area contributed by atoms with E-state index < -0.39 is 0 Å². The molecule has 1 aromatic heterocycles. The third-order valence-electron chi connectivity index (χ3n) is 13.4. The van der Waals surface area contributed by atoms with Crippen molar-refractivity contribution < 1.29 is 4.42 Å². The molecule has 0 unspecified atom stereocenters. The van der Waals surface area contributed by atoms with Crippen molar-refractivity contribution in [3.63, 3.8) is 0 Å². The minimum Gasteiger partial charge on any atom is -0.457 e. The van der Waals surface area contributed by atoms with E-state index in [2.05, 4.69) is 0 Å². The quantitative estimate of drug-likeness (QED) is 0.128. The molecule has 0 bridgehead atoms. The predicted octanol–water partition coefficient (Wildman–Crippen LogP) is -19.3. The molecule has 9 aromatic rings. The van der Waals surface area contributed by atoms with Gasteiger partial charge in [0.15, 0.2) is 0 Å². The summed E-state index contributed by atoms with van der Waals surface area (Å²) < 4.78 is 6.18. The molecule has 9 rings (SSSR count). The first-order chi connectivity index (χ1) is 32.2. The van der Waals surface area contributed by atoms with Gasteiger partial charge in [-0.2, -0.15) is 0 Å². The molecular weight excluding hydrogens is 802 g/mol. The van der Waals surface area contributed by atoms with Crippen molar-refractivity contribution in [2.45, 2.75) is 0 Å². The van der Waals surface area contributed by atoms with E-state index in [1.807, 2.05) is 0 Å². The molecule has 0 amide bonds. The van der Waals surface area contributed by atoms with E-state index >= 15 is 0 Å². The van der Waals surface area contributed by atoms with E-state index in [1.165, 1.54) is 0 Å². The van der Waals surface area contributed by atoms with Gasteiger partial charge in [0.25, 0.3) is 0 Å². The molecule has 0 fully saturated rings. The van der Waals surface area contributed by atoms with Crippen molar-refractivity contribution in [3.05, 3.63) is 0 Å². The summed E-state index contributed by atoms with van der Waals surface area (Å²) in [4.78, 5) is 0. The molecule has 0 aliphatic carbocycles. The fourth-order valence-corrected chi connectivity index (χ4v) is 9.68. The smallest absolute Gasteiger partial charge is 0.128 e. The first-order valence-corrected chi connectivity index (χ1v) is 20.2. The summed E-state index contributed by atoms with van der Waals surface area (Å²) in [5.74, 6) is 0. The molecule has 52 radical (unpaired) electrons. The van der Waals surface area contributed by atoms with Gasteiger partial charge in [-0.1, -0.05) is 92.9 Å². The van der Waals surface area contributed by atoms with E-state index in [4.69, 9.17) is 208 Å². The predicted molar refractivity (Wildman–Crippen MR) is 323 cm³/mol. The Morgan fingerprint density at radius 3 is 0.667 bits per heavy atom. The number of rotatable bonds is 3. The van der Waals surface area contributed by atoms with Gasteiger partial charge in [-0.05, 0) is 71.2 Å². The third kappa shape index (κ3) is 6.41. The largest absolute Gasteiger partial charge is 0.457 e. The van der Waals surface area contributed by atoms with Gasteiger partial charge in [0.2, 0.25) is 0 Å². The fraction of sp³-hybridized carbons (Fsp3) is 0. The highest BCUT2D eigenvalue weighted by molar-refractivity contribution is 6.77. The fourth-order valence-electron chi connectivity index (χ4n) is 9.68. The van der Waals surface area contributed by atoms with Gasteiger partial charge in [-0.15, -0.1) is 43.7 Å². The standard InChI is InChI=1S/C42B26O/c43-15-7(20(48)23(51)10-9(15)27(55)36(64)37(65)28(10)56)1-3-5(18(46)34(62)32(60)16(3)44)2(6-4(1)17(45)33(61)35(63)19(6)47)8-21(49)24(52)11(25(53)22(8)50)12-26(54)29(57)13-14-30(58)38(66)39(67)40(68)42(14)69-41(13)31(12)59. The lowest BCUT2D eigenvalue weighted by atomic mass is 9.55. The molecular formula is C42B26O. The zero-order chi connectivity index (χ0) is 51.0. The van der Waals surface area contributed by atoms with Gasteiger partial charge in [-0.25, -0.2) is 0 Å². The Labute approximate surface area is 435 Å². The van der Waals surface area contributed by atoms with Crippen LogP contribution in [0.4, 0.5) is 0 Å². The maximum atomic E-state index is 7.12. The van der Waals surface area contributed by atoms with Crippen molar-refractivity contribution in [2.75, 3.05) is 0 Å². The van der Waals surface area contributed by atoms with E-state index in [0.29, 0.717) is 0 Å². The topological polar surface area (TPSA) is 13.1 Å². The Morgan fingerprint density at radius 2 is 0.319 bits per heavy atom. The molecule has 0 saturated carbocycles. The van der Waals surface area contributed by atoms with E-state index in [-0.39, 0.29) is 230 Å². The minimum absolute atomic E-state index is 0.000482. The Kier molecular flexibility index (Phi) is 12.2. The molecule has 0 N–H and O–H groups in total. The highest BCUT2D eigenvalue weighted by atomic mass is 16.3. The van der Waals surface area contributed by atoms with Gasteiger partial charge in [-0.3, -0.25) is 0 Å². The SMILES string of the molecule is [B]c1c([B])c(-c2c3c([B])c([B])c([B])c([B])c3c(-c3c([B])c([B])c4c([B])c([B])c([B])c([B])c4c3[B])c3c([B])c([B])c([B])c([B])c23)c([B])c([B])c1-c1c([B])c([B])c2c(oc3c([B])c([B])c([B])c([B])c32)c1[B]. The highest BCUT2D eigenvalue weighted by Gasteiger charge is 2.31. The molecule has 0 saturated heterocycles. The third-order valence-corrected chi connectivity index (χ3v) is 13.4. The van der Waals surface area contributed by atoms with Crippen molar-refractivity contribution in [1.29, 1.82) is 0 Å². The average Bonchev–Trinajstić information content (AvgIpc) is 3.73. The molecule has 0 spiro atoms. The lowest BCUT2D eigenvalue weighted by molar-refractivity contribution is 0.675. The molecule has 1 nitrogen and oxygen atoms in total. The summed E-state index contributed by atoms with van der Waals surface area (Å²) in [5.41, 5.74) is -3.81. The Bertz CT molecular complexity index is 3860. The molecule has 1 heterocycles. The van der Waals surface area contributed by atoms with E-state index in [9.17, 15) is 0 Å². The van der Waals surface area contributed by atoms with Crippen LogP contribution in [0.5, 0.6) is 0 Å². The molecule has 27 heteroatoms. The van der Waals surface area contributed by atoms with Crippen LogP contribution < -0.4 is 142 Å². The highest BCUT2D eigenvalue weighted by Crippen LogP contribution is 2.39. The molecule has 0 aliphatic rings. The zero-order valence-corrected chi connectivity index (χ0v) is 36.4. The number of hydrogen-bond acceptors (Lipinski definition) is 1. The first-order valence-electron chi connectivity index (χ1n) is 20.2. The lowest BCUT2D eigenvalue weighted by Crippen LogP contribution is -2.53. The number of hydrogen-bond donors (Lipinski definition) is 0. The number of fused-ring (bicyclic) bond motifs is 6. The first kappa shape index (κ1) is 50.0. The Hall–Kier alpha value is -3.97. The Balaban J connectivity index is 1.51.